The molecule has 0 radical (unpaired) electrons. The molecular formula is C21H24O2Si. The molecule has 0 heterocycles. The van der Waals surface area contributed by atoms with E-state index in [2.05, 4.69) is 37.0 Å². The lowest BCUT2D eigenvalue weighted by molar-refractivity contribution is 0.414. The summed E-state index contributed by atoms with van der Waals surface area (Å²) in [6.45, 7) is 6.72. The van der Waals surface area contributed by atoms with Gasteiger partial charge in [0.2, 0.25) is 0 Å². The van der Waals surface area contributed by atoms with E-state index < -0.39 is 8.07 Å². The summed E-state index contributed by atoms with van der Waals surface area (Å²) in [5.74, 6) is 7.43. The zero-order valence-corrected chi connectivity index (χ0v) is 16.0. The van der Waals surface area contributed by atoms with Gasteiger partial charge in [-0.3, -0.25) is 0 Å². The third-order valence-corrected chi connectivity index (χ3v) is 3.80. The molecule has 0 spiro atoms. The van der Waals surface area contributed by atoms with E-state index in [9.17, 15) is 0 Å². The van der Waals surface area contributed by atoms with Crippen LogP contribution in [0.15, 0.2) is 48.5 Å². The fourth-order valence-corrected chi connectivity index (χ4v) is 2.14. The van der Waals surface area contributed by atoms with Gasteiger partial charge in [-0.15, -0.1) is 12.0 Å². The summed E-state index contributed by atoms with van der Waals surface area (Å²) in [4.78, 5) is 0. The average molecular weight is 337 g/mol. The highest BCUT2D eigenvalue weighted by atomic mass is 28.3. The Balaban J connectivity index is 0.000000254. The van der Waals surface area contributed by atoms with Gasteiger partial charge in [0.25, 0.3) is 0 Å². The van der Waals surface area contributed by atoms with Crippen LogP contribution in [-0.4, -0.2) is 22.3 Å². The van der Waals surface area contributed by atoms with E-state index in [0.29, 0.717) is 0 Å². The van der Waals surface area contributed by atoms with Crippen molar-refractivity contribution in [1.29, 1.82) is 0 Å². The maximum absolute atomic E-state index is 5.15. The summed E-state index contributed by atoms with van der Waals surface area (Å²) in [7, 11) is 2.04. The molecule has 0 saturated carbocycles. The Kier molecular flexibility index (Phi) is 7.69. The van der Waals surface area contributed by atoms with Gasteiger partial charge in [0.05, 0.1) is 14.2 Å². The molecule has 0 bridgehead atoms. The van der Waals surface area contributed by atoms with Gasteiger partial charge in [-0.25, -0.2) is 0 Å². The highest BCUT2D eigenvalue weighted by molar-refractivity contribution is 6.83. The van der Waals surface area contributed by atoms with Gasteiger partial charge in [-0.1, -0.05) is 31.5 Å². The van der Waals surface area contributed by atoms with Crippen LogP contribution in [0.4, 0.5) is 0 Å². The number of terminal acetylenes is 1. The molecule has 2 nitrogen and oxygen atoms in total. The average Bonchev–Trinajstić information content (AvgIpc) is 2.60. The number of rotatable bonds is 2. The SMILES string of the molecule is C#Cc1ccc(OC)cc1.COc1ccc(C#C[Si](C)(C)C)cc1. The second-order valence-electron chi connectivity index (χ2n) is 6.10. The molecule has 0 aliphatic carbocycles. The predicted molar refractivity (Wildman–Crippen MR) is 104 cm³/mol. The first-order chi connectivity index (χ1) is 11.4. The maximum atomic E-state index is 5.15. The van der Waals surface area contributed by atoms with E-state index in [-0.39, 0.29) is 0 Å². The van der Waals surface area contributed by atoms with Crippen molar-refractivity contribution in [3.05, 3.63) is 59.7 Å². The zero-order chi connectivity index (χ0) is 18.0. The first-order valence-corrected chi connectivity index (χ1v) is 11.2. The summed E-state index contributed by atoms with van der Waals surface area (Å²) in [6, 6.07) is 15.2. The van der Waals surface area contributed by atoms with Gasteiger partial charge in [-0.2, -0.15) is 0 Å². The molecule has 2 aromatic rings. The van der Waals surface area contributed by atoms with Crippen molar-refractivity contribution < 1.29 is 9.47 Å². The van der Waals surface area contributed by atoms with Gasteiger partial charge in [0.15, 0.2) is 0 Å². The van der Waals surface area contributed by atoms with E-state index in [1.165, 1.54) is 0 Å². The van der Waals surface area contributed by atoms with Crippen LogP contribution in [0.5, 0.6) is 11.5 Å². The smallest absolute Gasteiger partial charge is 0.129 e. The minimum absolute atomic E-state index is 0.832. The van der Waals surface area contributed by atoms with Crippen LogP contribution in [0.25, 0.3) is 0 Å². The van der Waals surface area contributed by atoms with E-state index in [1.54, 1.807) is 14.2 Å². The van der Waals surface area contributed by atoms with Crippen LogP contribution in [0.2, 0.25) is 19.6 Å². The van der Waals surface area contributed by atoms with Crippen LogP contribution in [0, 0.1) is 23.8 Å². The number of hydrogen-bond acceptors (Lipinski definition) is 2. The standard InChI is InChI=1S/C12H16OSi.C9H8O/c1-13-12-7-5-11(6-8-12)9-10-14(2,3)4;1-3-8-4-6-9(10-2)7-5-8/h5-8H,1-4H3;1,4-7H,2H3. The minimum atomic E-state index is -1.25. The number of hydrogen-bond donors (Lipinski definition) is 0. The number of methoxy groups -OCH3 is 2. The molecule has 0 aliphatic heterocycles. The molecule has 24 heavy (non-hydrogen) atoms. The van der Waals surface area contributed by atoms with Crippen LogP contribution < -0.4 is 9.47 Å². The Morgan fingerprint density at radius 1 is 0.750 bits per heavy atom. The fourth-order valence-electron chi connectivity index (χ4n) is 1.62. The molecule has 0 unspecified atom stereocenters. The first kappa shape index (κ1) is 19.4. The molecule has 124 valence electrons. The van der Waals surface area contributed by atoms with Crippen molar-refractivity contribution in [3.63, 3.8) is 0 Å². The Hall–Kier alpha value is -2.62. The van der Waals surface area contributed by atoms with Crippen LogP contribution >= 0.6 is 0 Å². The lowest BCUT2D eigenvalue weighted by Crippen LogP contribution is -2.16. The first-order valence-electron chi connectivity index (χ1n) is 7.66. The van der Waals surface area contributed by atoms with Crippen molar-refractivity contribution in [1.82, 2.24) is 0 Å². The fraction of sp³-hybridized carbons (Fsp3) is 0.238. The summed E-state index contributed by atoms with van der Waals surface area (Å²) in [5, 5.41) is 0. The maximum Gasteiger partial charge on any atom is 0.129 e. The van der Waals surface area contributed by atoms with Crippen molar-refractivity contribution >= 4 is 8.07 Å². The summed E-state index contributed by atoms with van der Waals surface area (Å²) in [6.07, 6.45) is 5.15. The van der Waals surface area contributed by atoms with Gasteiger partial charge in [0, 0.05) is 11.1 Å². The van der Waals surface area contributed by atoms with Gasteiger partial charge < -0.3 is 9.47 Å². The largest absolute Gasteiger partial charge is 0.497 e. The second-order valence-corrected chi connectivity index (χ2v) is 10.9. The zero-order valence-electron chi connectivity index (χ0n) is 15.0. The molecule has 0 fully saturated rings. The third-order valence-electron chi connectivity index (χ3n) is 2.93. The van der Waals surface area contributed by atoms with Crippen LogP contribution in [0.3, 0.4) is 0 Å². The van der Waals surface area contributed by atoms with Crippen LogP contribution in [0.1, 0.15) is 11.1 Å². The molecule has 0 N–H and O–H groups in total. The Morgan fingerprint density at radius 2 is 1.17 bits per heavy atom. The molecule has 2 aromatic carbocycles. The van der Waals surface area contributed by atoms with E-state index in [0.717, 1.165) is 22.6 Å². The van der Waals surface area contributed by atoms with Crippen molar-refractivity contribution in [3.8, 4) is 35.3 Å². The quantitative estimate of drug-likeness (QED) is 0.589. The molecule has 0 atom stereocenters. The molecular weight excluding hydrogens is 312 g/mol. The lowest BCUT2D eigenvalue weighted by Gasteiger charge is -2.03. The number of benzene rings is 2. The Labute approximate surface area is 146 Å². The van der Waals surface area contributed by atoms with Crippen molar-refractivity contribution in [2.24, 2.45) is 0 Å². The molecule has 0 amide bonds. The predicted octanol–water partition coefficient (Wildman–Crippen LogP) is 4.60. The van der Waals surface area contributed by atoms with Gasteiger partial charge in [0.1, 0.15) is 19.6 Å². The second kappa shape index (κ2) is 9.50. The minimum Gasteiger partial charge on any atom is -0.497 e. The summed E-state index contributed by atoms with van der Waals surface area (Å²) >= 11 is 0. The van der Waals surface area contributed by atoms with Crippen molar-refractivity contribution in [2.75, 3.05) is 14.2 Å². The molecule has 0 aromatic heterocycles. The normalized spacial score (nSPS) is 9.50. The monoisotopic (exact) mass is 336 g/mol. The van der Waals surface area contributed by atoms with E-state index >= 15 is 0 Å². The van der Waals surface area contributed by atoms with Gasteiger partial charge in [-0.05, 0) is 48.5 Å². The lowest BCUT2D eigenvalue weighted by atomic mass is 10.2. The Bertz CT molecular complexity index is 721. The molecule has 0 aliphatic rings. The highest BCUT2D eigenvalue weighted by Gasteiger charge is 2.07. The third kappa shape index (κ3) is 7.58. The highest BCUT2D eigenvalue weighted by Crippen LogP contribution is 2.11. The number of ether oxygens (including phenoxy) is 2. The molecule has 3 heteroatoms. The molecule has 0 saturated heterocycles. The topological polar surface area (TPSA) is 18.5 Å². The molecule has 2 rings (SSSR count). The van der Waals surface area contributed by atoms with Crippen molar-refractivity contribution in [2.45, 2.75) is 19.6 Å². The van der Waals surface area contributed by atoms with Gasteiger partial charge >= 0.3 is 0 Å². The van der Waals surface area contributed by atoms with E-state index in [4.69, 9.17) is 15.9 Å². The Morgan fingerprint density at radius 3 is 1.50 bits per heavy atom. The summed E-state index contributed by atoms with van der Waals surface area (Å²) < 4.78 is 10.0. The van der Waals surface area contributed by atoms with E-state index in [1.807, 2.05) is 48.5 Å². The summed E-state index contributed by atoms with van der Waals surface area (Å²) in [5.41, 5.74) is 5.26. The van der Waals surface area contributed by atoms with Crippen LogP contribution in [-0.2, 0) is 0 Å².